The highest BCUT2D eigenvalue weighted by Crippen LogP contribution is 2.27. The molecule has 0 aromatic heterocycles. The summed E-state index contributed by atoms with van der Waals surface area (Å²) in [5.74, 6) is 1.10. The lowest BCUT2D eigenvalue weighted by Crippen LogP contribution is -3.13. The molecule has 0 saturated carbocycles. The zero-order chi connectivity index (χ0) is 19.5. The molecule has 144 valence electrons. The fourth-order valence-electron chi connectivity index (χ4n) is 4.10. The van der Waals surface area contributed by atoms with Gasteiger partial charge in [-0.2, -0.15) is 0 Å². The van der Waals surface area contributed by atoms with Gasteiger partial charge in [-0.15, -0.1) is 0 Å². The first-order valence-electron chi connectivity index (χ1n) is 9.90. The molecule has 0 spiro atoms. The van der Waals surface area contributed by atoms with Gasteiger partial charge >= 0.3 is 0 Å². The van der Waals surface area contributed by atoms with E-state index in [1.807, 2.05) is 12.1 Å². The number of fused-ring (bicyclic) bond motifs is 1. The topological polar surface area (TPSA) is 34.0 Å². The number of quaternary nitrogens is 1. The van der Waals surface area contributed by atoms with Gasteiger partial charge < -0.3 is 14.5 Å². The van der Waals surface area contributed by atoms with E-state index in [2.05, 4.69) is 53.4 Å². The molecule has 4 rings (SSSR count). The van der Waals surface area contributed by atoms with Crippen molar-refractivity contribution in [1.29, 1.82) is 0 Å². The van der Waals surface area contributed by atoms with Crippen LogP contribution in [0.2, 0.25) is 0 Å². The predicted molar refractivity (Wildman–Crippen MR) is 114 cm³/mol. The molecular weight excluding hydrogens is 348 g/mol. The number of methoxy groups -OCH3 is 1. The number of ether oxygens (including phenoxy) is 1. The van der Waals surface area contributed by atoms with E-state index in [4.69, 9.17) is 4.74 Å². The molecule has 3 aromatic rings. The van der Waals surface area contributed by atoms with Crippen molar-refractivity contribution >= 4 is 22.2 Å². The van der Waals surface area contributed by atoms with E-state index in [1.54, 1.807) is 18.9 Å². The fourth-order valence-corrected chi connectivity index (χ4v) is 4.10. The summed E-state index contributed by atoms with van der Waals surface area (Å²) in [6.45, 7) is 6.78. The Balaban J connectivity index is 1.46. The van der Waals surface area contributed by atoms with E-state index >= 15 is 0 Å². The van der Waals surface area contributed by atoms with Gasteiger partial charge in [0.1, 0.15) is 12.3 Å². The summed E-state index contributed by atoms with van der Waals surface area (Å²) in [6, 6.07) is 20.8. The third-order valence-electron chi connectivity index (χ3n) is 5.75. The Hall–Kier alpha value is -2.85. The number of nitrogens with one attached hydrogen (secondary N) is 1. The normalized spacial score (nSPS) is 15.0. The lowest BCUT2D eigenvalue weighted by atomic mass is 10.0. The van der Waals surface area contributed by atoms with Crippen molar-refractivity contribution in [2.75, 3.05) is 38.2 Å². The maximum absolute atomic E-state index is 11.5. The molecule has 3 aromatic carbocycles. The van der Waals surface area contributed by atoms with Gasteiger partial charge in [-0.05, 0) is 48.0 Å². The number of anilines is 1. The molecule has 1 N–H and O–H groups in total. The molecule has 1 heterocycles. The van der Waals surface area contributed by atoms with Gasteiger partial charge in [0.25, 0.3) is 0 Å². The lowest BCUT2D eigenvalue weighted by Gasteiger charge is -2.34. The van der Waals surface area contributed by atoms with E-state index in [-0.39, 0.29) is 5.78 Å². The Labute approximate surface area is 166 Å². The number of hydrogen-bond donors (Lipinski definition) is 1. The molecule has 1 saturated heterocycles. The molecule has 4 nitrogen and oxygen atoms in total. The minimum Gasteiger partial charge on any atom is -0.496 e. The van der Waals surface area contributed by atoms with E-state index < -0.39 is 0 Å². The summed E-state index contributed by atoms with van der Waals surface area (Å²) in [4.78, 5) is 15.5. The highest BCUT2D eigenvalue weighted by molar-refractivity contribution is 5.94. The van der Waals surface area contributed by atoms with Crippen molar-refractivity contribution in [1.82, 2.24) is 0 Å². The van der Waals surface area contributed by atoms with Crippen molar-refractivity contribution in [3.05, 3.63) is 71.8 Å². The Morgan fingerprint density at radius 3 is 2.39 bits per heavy atom. The molecule has 1 aliphatic rings. The van der Waals surface area contributed by atoms with Gasteiger partial charge in [0.05, 0.1) is 38.9 Å². The lowest BCUT2D eigenvalue weighted by molar-refractivity contribution is -0.914. The standard InChI is InChI=1S/C24H26N2O2/c1-18(27)19-7-10-21(11-8-19)26-15-13-25(14-16-26)17-23-22-6-4-3-5-20(22)9-12-24(23)28-2/h3-12H,13-17H2,1-2H3/p+1. The number of hydrogen-bond acceptors (Lipinski definition) is 3. The van der Waals surface area contributed by atoms with Crippen LogP contribution in [0, 0.1) is 0 Å². The minimum absolute atomic E-state index is 0.116. The van der Waals surface area contributed by atoms with Gasteiger partial charge in [0.2, 0.25) is 0 Å². The van der Waals surface area contributed by atoms with Crippen LogP contribution in [0.25, 0.3) is 10.8 Å². The number of Topliss-reactive ketones (excluding diaryl/α,β-unsaturated/α-hetero) is 1. The monoisotopic (exact) mass is 375 g/mol. The van der Waals surface area contributed by atoms with Crippen molar-refractivity contribution in [2.24, 2.45) is 0 Å². The number of rotatable bonds is 5. The van der Waals surface area contributed by atoms with Crippen molar-refractivity contribution in [3.8, 4) is 5.75 Å². The van der Waals surface area contributed by atoms with Crippen LogP contribution >= 0.6 is 0 Å². The maximum Gasteiger partial charge on any atom is 0.159 e. The van der Waals surface area contributed by atoms with Gasteiger partial charge in [-0.1, -0.05) is 30.3 Å². The first-order valence-corrected chi connectivity index (χ1v) is 9.90. The summed E-state index contributed by atoms with van der Waals surface area (Å²) in [7, 11) is 1.76. The van der Waals surface area contributed by atoms with E-state index in [0.717, 1.165) is 44.0 Å². The third-order valence-corrected chi connectivity index (χ3v) is 5.75. The second kappa shape index (κ2) is 8.03. The Morgan fingerprint density at radius 2 is 1.71 bits per heavy atom. The molecule has 0 aliphatic carbocycles. The van der Waals surface area contributed by atoms with Crippen molar-refractivity contribution in [3.63, 3.8) is 0 Å². The summed E-state index contributed by atoms with van der Waals surface area (Å²) >= 11 is 0. The number of ketones is 1. The third kappa shape index (κ3) is 3.73. The molecule has 1 aliphatic heterocycles. The van der Waals surface area contributed by atoms with Gasteiger partial charge in [0, 0.05) is 11.3 Å². The SMILES string of the molecule is COc1ccc2ccccc2c1C[NH+]1CCN(c2ccc(C(C)=O)cc2)CC1. The maximum atomic E-state index is 11.5. The molecule has 0 radical (unpaired) electrons. The van der Waals surface area contributed by atoms with Crippen LogP contribution in [0.4, 0.5) is 5.69 Å². The van der Waals surface area contributed by atoms with E-state index in [9.17, 15) is 4.79 Å². The number of carbonyl (C=O) groups excluding carboxylic acids is 1. The van der Waals surface area contributed by atoms with Crippen LogP contribution in [-0.2, 0) is 6.54 Å². The quantitative estimate of drug-likeness (QED) is 0.696. The largest absolute Gasteiger partial charge is 0.496 e. The van der Waals surface area contributed by atoms with Crippen LogP contribution in [0.1, 0.15) is 22.8 Å². The number of piperazine rings is 1. The van der Waals surface area contributed by atoms with Crippen LogP contribution < -0.4 is 14.5 Å². The van der Waals surface area contributed by atoms with E-state index in [0.29, 0.717) is 0 Å². The summed E-state index contributed by atoms with van der Waals surface area (Å²) in [5.41, 5.74) is 3.28. The Kier molecular flexibility index (Phi) is 5.31. The van der Waals surface area contributed by atoms with Gasteiger partial charge in [-0.3, -0.25) is 4.79 Å². The predicted octanol–water partition coefficient (Wildman–Crippen LogP) is 2.96. The zero-order valence-electron chi connectivity index (χ0n) is 16.6. The van der Waals surface area contributed by atoms with Crippen molar-refractivity contribution < 1.29 is 14.4 Å². The van der Waals surface area contributed by atoms with Gasteiger partial charge in [0.15, 0.2) is 5.78 Å². The zero-order valence-corrected chi connectivity index (χ0v) is 16.6. The molecular formula is C24H27N2O2+. The van der Waals surface area contributed by atoms with Crippen LogP contribution in [0.3, 0.4) is 0 Å². The average Bonchev–Trinajstić information content (AvgIpc) is 2.74. The fraction of sp³-hybridized carbons (Fsp3) is 0.292. The summed E-state index contributed by atoms with van der Waals surface area (Å²) in [5, 5.41) is 2.55. The highest BCUT2D eigenvalue weighted by atomic mass is 16.5. The van der Waals surface area contributed by atoms with Crippen molar-refractivity contribution in [2.45, 2.75) is 13.5 Å². The molecule has 4 heteroatoms. The van der Waals surface area contributed by atoms with E-state index in [1.165, 1.54) is 22.0 Å². The molecule has 0 unspecified atom stereocenters. The smallest absolute Gasteiger partial charge is 0.159 e. The average molecular weight is 375 g/mol. The molecule has 0 bridgehead atoms. The summed E-state index contributed by atoms with van der Waals surface area (Å²) in [6.07, 6.45) is 0. The minimum atomic E-state index is 0.116. The second-order valence-electron chi connectivity index (χ2n) is 7.48. The molecule has 28 heavy (non-hydrogen) atoms. The highest BCUT2D eigenvalue weighted by Gasteiger charge is 2.22. The van der Waals surface area contributed by atoms with Crippen LogP contribution in [0.15, 0.2) is 60.7 Å². The second-order valence-corrected chi connectivity index (χ2v) is 7.48. The number of nitrogens with zero attached hydrogens (tertiary/aromatic N) is 1. The van der Waals surface area contributed by atoms with Crippen LogP contribution in [-0.4, -0.2) is 39.1 Å². The first-order chi connectivity index (χ1) is 13.7. The van der Waals surface area contributed by atoms with Gasteiger partial charge in [-0.25, -0.2) is 0 Å². The first kappa shape index (κ1) is 18.5. The Bertz CT molecular complexity index is 974. The molecule has 1 fully saturated rings. The Morgan fingerprint density at radius 1 is 1.00 bits per heavy atom. The summed E-state index contributed by atoms with van der Waals surface area (Å²) < 4.78 is 5.66. The number of benzene rings is 3. The molecule has 0 atom stereocenters. The molecule has 0 amide bonds. The number of carbonyl (C=O) groups is 1. The van der Waals surface area contributed by atoms with Crippen LogP contribution in [0.5, 0.6) is 5.75 Å².